The second-order valence-electron chi connectivity index (χ2n) is 5.10. The number of ether oxygens (including phenoxy) is 2. The highest BCUT2D eigenvalue weighted by molar-refractivity contribution is 14.1. The Bertz CT molecular complexity index is 194. The van der Waals surface area contributed by atoms with Gasteiger partial charge in [-0.2, -0.15) is 0 Å². The van der Waals surface area contributed by atoms with Crippen LogP contribution in [0.4, 0.5) is 0 Å². The molecule has 0 bridgehead atoms. The third kappa shape index (κ3) is 3.07. The molecule has 0 aromatic heterocycles. The first-order valence-electron chi connectivity index (χ1n) is 6.06. The van der Waals surface area contributed by atoms with Crippen molar-refractivity contribution in [3.8, 4) is 0 Å². The van der Waals surface area contributed by atoms with E-state index in [1.165, 1.54) is 25.7 Å². The van der Waals surface area contributed by atoms with Gasteiger partial charge in [-0.15, -0.1) is 0 Å². The fraction of sp³-hybridized carbons (Fsp3) is 1.00. The lowest BCUT2D eigenvalue weighted by atomic mass is 9.80. The van der Waals surface area contributed by atoms with Gasteiger partial charge in [0.15, 0.2) is 0 Å². The Morgan fingerprint density at radius 2 is 2.07 bits per heavy atom. The van der Waals surface area contributed by atoms with Crippen molar-refractivity contribution in [2.45, 2.75) is 50.7 Å². The molecule has 1 saturated carbocycles. The van der Waals surface area contributed by atoms with Crippen molar-refractivity contribution in [3.63, 3.8) is 0 Å². The summed E-state index contributed by atoms with van der Waals surface area (Å²) in [7, 11) is 0. The second-order valence-corrected chi connectivity index (χ2v) is 5.87. The first-order valence-corrected chi connectivity index (χ1v) is 7.58. The first-order chi connectivity index (χ1) is 7.24. The van der Waals surface area contributed by atoms with Crippen LogP contribution in [0.25, 0.3) is 0 Å². The van der Waals surface area contributed by atoms with E-state index in [-0.39, 0.29) is 5.60 Å². The molecular weight excluding hydrogens is 303 g/mol. The summed E-state index contributed by atoms with van der Waals surface area (Å²) in [6.45, 7) is 4.06. The molecule has 15 heavy (non-hydrogen) atoms. The zero-order valence-electron chi connectivity index (χ0n) is 9.51. The zero-order chi connectivity index (χ0) is 10.7. The standard InChI is InChI=1S/C12H21IO2/c1-10-2-5-12(9-13,6-3-10)15-11-4-7-14-8-11/h10-11H,2-9H2,1H3. The van der Waals surface area contributed by atoms with Crippen LogP contribution in [-0.4, -0.2) is 29.3 Å². The highest BCUT2D eigenvalue weighted by Crippen LogP contribution is 2.37. The largest absolute Gasteiger partial charge is 0.379 e. The van der Waals surface area contributed by atoms with E-state index >= 15 is 0 Å². The zero-order valence-corrected chi connectivity index (χ0v) is 11.7. The van der Waals surface area contributed by atoms with Crippen LogP contribution in [0.2, 0.25) is 0 Å². The van der Waals surface area contributed by atoms with Gasteiger partial charge in [0, 0.05) is 11.0 Å². The maximum atomic E-state index is 6.30. The van der Waals surface area contributed by atoms with E-state index < -0.39 is 0 Å². The summed E-state index contributed by atoms with van der Waals surface area (Å²) in [6, 6.07) is 0. The summed E-state index contributed by atoms with van der Waals surface area (Å²) >= 11 is 2.49. The molecule has 1 atom stereocenters. The molecular formula is C12H21IO2. The van der Waals surface area contributed by atoms with Gasteiger partial charge in [-0.1, -0.05) is 29.5 Å². The average molecular weight is 324 g/mol. The van der Waals surface area contributed by atoms with E-state index in [4.69, 9.17) is 9.47 Å². The molecule has 0 radical (unpaired) electrons. The van der Waals surface area contributed by atoms with Crippen LogP contribution in [0, 0.1) is 5.92 Å². The molecule has 1 heterocycles. The molecule has 1 aliphatic carbocycles. The summed E-state index contributed by atoms with van der Waals surface area (Å²) < 4.78 is 12.8. The molecule has 2 nitrogen and oxygen atoms in total. The third-order valence-electron chi connectivity index (χ3n) is 3.73. The van der Waals surface area contributed by atoms with E-state index in [2.05, 4.69) is 29.5 Å². The predicted octanol–water partition coefficient (Wildman–Crippen LogP) is 3.18. The van der Waals surface area contributed by atoms with Crippen molar-refractivity contribution in [2.24, 2.45) is 5.92 Å². The fourth-order valence-corrected chi connectivity index (χ4v) is 3.47. The Morgan fingerprint density at radius 1 is 1.33 bits per heavy atom. The maximum absolute atomic E-state index is 6.30. The third-order valence-corrected chi connectivity index (χ3v) is 5.12. The lowest BCUT2D eigenvalue weighted by molar-refractivity contribution is -0.102. The molecule has 2 fully saturated rings. The lowest BCUT2D eigenvalue weighted by Crippen LogP contribution is -2.41. The van der Waals surface area contributed by atoms with Crippen LogP contribution in [0.15, 0.2) is 0 Å². The molecule has 0 aromatic rings. The van der Waals surface area contributed by atoms with Gasteiger partial charge in [-0.3, -0.25) is 0 Å². The number of halogens is 1. The Labute approximate surface area is 106 Å². The fourth-order valence-electron chi connectivity index (χ4n) is 2.53. The van der Waals surface area contributed by atoms with Gasteiger partial charge in [0.25, 0.3) is 0 Å². The highest BCUT2D eigenvalue weighted by Gasteiger charge is 2.37. The van der Waals surface area contributed by atoms with E-state index in [0.29, 0.717) is 6.10 Å². The minimum Gasteiger partial charge on any atom is -0.379 e. The quantitative estimate of drug-likeness (QED) is 0.586. The summed E-state index contributed by atoms with van der Waals surface area (Å²) in [6.07, 6.45) is 6.61. The molecule has 2 rings (SSSR count). The average Bonchev–Trinajstić information content (AvgIpc) is 2.75. The number of alkyl halides is 1. The summed E-state index contributed by atoms with van der Waals surface area (Å²) in [5.74, 6) is 0.893. The van der Waals surface area contributed by atoms with E-state index in [9.17, 15) is 0 Å². The van der Waals surface area contributed by atoms with E-state index in [1.807, 2.05) is 0 Å². The van der Waals surface area contributed by atoms with Crippen LogP contribution in [0.1, 0.15) is 39.0 Å². The normalized spacial score (nSPS) is 42.0. The Balaban J connectivity index is 1.89. The minimum absolute atomic E-state index is 0.172. The van der Waals surface area contributed by atoms with Gasteiger partial charge in [0.05, 0.1) is 18.3 Å². The van der Waals surface area contributed by atoms with Crippen molar-refractivity contribution in [2.75, 3.05) is 17.6 Å². The van der Waals surface area contributed by atoms with Gasteiger partial charge in [-0.05, 0) is 38.0 Å². The van der Waals surface area contributed by atoms with Crippen molar-refractivity contribution in [3.05, 3.63) is 0 Å². The van der Waals surface area contributed by atoms with Crippen LogP contribution in [-0.2, 0) is 9.47 Å². The molecule has 3 heteroatoms. The van der Waals surface area contributed by atoms with Crippen molar-refractivity contribution in [1.82, 2.24) is 0 Å². The molecule has 0 aromatic carbocycles. The SMILES string of the molecule is CC1CCC(CI)(OC2CCOC2)CC1. The van der Waals surface area contributed by atoms with Crippen LogP contribution < -0.4 is 0 Å². The van der Waals surface area contributed by atoms with E-state index in [0.717, 1.165) is 30.0 Å². The van der Waals surface area contributed by atoms with Gasteiger partial charge in [0.1, 0.15) is 0 Å². The molecule has 2 aliphatic rings. The van der Waals surface area contributed by atoms with Crippen molar-refractivity contribution < 1.29 is 9.47 Å². The minimum atomic E-state index is 0.172. The van der Waals surface area contributed by atoms with E-state index in [1.54, 1.807) is 0 Å². The van der Waals surface area contributed by atoms with Gasteiger partial charge < -0.3 is 9.47 Å². The van der Waals surface area contributed by atoms with Crippen LogP contribution in [0.3, 0.4) is 0 Å². The van der Waals surface area contributed by atoms with Crippen molar-refractivity contribution >= 4 is 22.6 Å². The summed E-state index contributed by atoms with van der Waals surface area (Å²) in [5, 5.41) is 0. The molecule has 0 spiro atoms. The summed E-state index contributed by atoms with van der Waals surface area (Å²) in [5.41, 5.74) is 0.172. The first kappa shape index (κ1) is 12.1. The van der Waals surface area contributed by atoms with Crippen molar-refractivity contribution in [1.29, 1.82) is 0 Å². The highest BCUT2D eigenvalue weighted by atomic mass is 127. The monoisotopic (exact) mass is 324 g/mol. The van der Waals surface area contributed by atoms with Gasteiger partial charge >= 0.3 is 0 Å². The van der Waals surface area contributed by atoms with Gasteiger partial charge in [-0.25, -0.2) is 0 Å². The molecule has 1 saturated heterocycles. The number of hydrogen-bond acceptors (Lipinski definition) is 2. The number of rotatable bonds is 3. The number of hydrogen-bond donors (Lipinski definition) is 0. The van der Waals surface area contributed by atoms with Gasteiger partial charge in [0.2, 0.25) is 0 Å². The molecule has 0 amide bonds. The summed E-state index contributed by atoms with van der Waals surface area (Å²) in [4.78, 5) is 0. The molecule has 1 unspecified atom stereocenters. The van der Waals surface area contributed by atoms with Crippen LogP contribution >= 0.6 is 22.6 Å². The Hall–Kier alpha value is 0.650. The molecule has 1 aliphatic heterocycles. The smallest absolute Gasteiger partial charge is 0.0838 e. The van der Waals surface area contributed by atoms with Crippen LogP contribution in [0.5, 0.6) is 0 Å². The topological polar surface area (TPSA) is 18.5 Å². The Kier molecular flexibility index (Phi) is 4.30. The predicted molar refractivity (Wildman–Crippen MR) is 69.6 cm³/mol. The molecule has 0 N–H and O–H groups in total. The maximum Gasteiger partial charge on any atom is 0.0838 e. The molecule has 88 valence electrons. The Morgan fingerprint density at radius 3 is 2.60 bits per heavy atom. The second kappa shape index (κ2) is 5.32. The lowest BCUT2D eigenvalue weighted by Gasteiger charge is -2.39.